The molecule has 2 aliphatic heterocycles. The molecular weight excluding hydrogens is 401 g/mol. The van der Waals surface area contributed by atoms with E-state index in [0.717, 1.165) is 25.7 Å². The van der Waals surface area contributed by atoms with Crippen molar-refractivity contribution in [3.63, 3.8) is 0 Å². The Bertz CT molecular complexity index is 448. The van der Waals surface area contributed by atoms with E-state index in [9.17, 15) is 0 Å². The summed E-state index contributed by atoms with van der Waals surface area (Å²) in [6, 6.07) is 0.497. The van der Waals surface area contributed by atoms with Gasteiger partial charge in [0.05, 0.1) is 6.10 Å². The molecule has 134 valence electrons. The number of rotatable bonds is 3. The number of hydrogen-bond donors (Lipinski definition) is 1. The molecule has 0 radical (unpaired) electrons. The Balaban J connectivity index is 0.00000192. The van der Waals surface area contributed by atoms with E-state index in [2.05, 4.69) is 42.9 Å². The van der Waals surface area contributed by atoms with Gasteiger partial charge in [-0.15, -0.1) is 24.0 Å². The summed E-state index contributed by atoms with van der Waals surface area (Å²) in [7, 11) is 1.93. The largest absolute Gasteiger partial charge is 0.377 e. The smallest absolute Gasteiger partial charge is 0.193 e. The topological polar surface area (TPSA) is 36.9 Å². The van der Waals surface area contributed by atoms with Gasteiger partial charge in [0.15, 0.2) is 5.96 Å². The second-order valence-electron chi connectivity index (χ2n) is 8.11. The maximum atomic E-state index is 5.91. The van der Waals surface area contributed by atoms with Gasteiger partial charge >= 0.3 is 0 Å². The normalized spacial score (nSPS) is 34.6. The van der Waals surface area contributed by atoms with Gasteiger partial charge in [-0.1, -0.05) is 27.7 Å². The van der Waals surface area contributed by atoms with E-state index in [-0.39, 0.29) is 29.4 Å². The highest BCUT2D eigenvalue weighted by Crippen LogP contribution is 2.52. The van der Waals surface area contributed by atoms with Crippen LogP contribution in [0.25, 0.3) is 0 Å². The lowest BCUT2D eigenvalue weighted by atomic mass is 9.57. The number of hydrogen-bond acceptors (Lipinski definition) is 2. The molecule has 0 spiro atoms. The van der Waals surface area contributed by atoms with E-state index in [1.807, 2.05) is 7.05 Å². The fourth-order valence-electron chi connectivity index (χ4n) is 5.00. The van der Waals surface area contributed by atoms with Crippen LogP contribution in [0.3, 0.4) is 0 Å². The summed E-state index contributed by atoms with van der Waals surface area (Å²) in [6.45, 7) is 12.5. The van der Waals surface area contributed by atoms with Crippen molar-refractivity contribution in [1.29, 1.82) is 0 Å². The number of aliphatic imine (C=N–C) groups is 1. The average Bonchev–Trinajstić information content (AvgIpc) is 3.14. The van der Waals surface area contributed by atoms with Crippen molar-refractivity contribution < 1.29 is 4.74 Å². The summed E-state index contributed by atoms with van der Waals surface area (Å²) in [5.74, 6) is 1.77. The molecule has 0 amide bonds. The van der Waals surface area contributed by atoms with Crippen molar-refractivity contribution in [2.75, 3.05) is 26.7 Å². The lowest BCUT2D eigenvalue weighted by Gasteiger charge is -2.55. The summed E-state index contributed by atoms with van der Waals surface area (Å²) in [5.41, 5.74) is 0.704. The van der Waals surface area contributed by atoms with Gasteiger partial charge in [-0.3, -0.25) is 4.99 Å². The van der Waals surface area contributed by atoms with Crippen LogP contribution in [0.2, 0.25) is 0 Å². The lowest BCUT2D eigenvalue weighted by Crippen LogP contribution is -2.68. The Morgan fingerprint density at radius 2 is 2.00 bits per heavy atom. The fraction of sp³-hybridized carbons (Fsp3) is 0.944. The highest BCUT2D eigenvalue weighted by molar-refractivity contribution is 14.0. The zero-order valence-corrected chi connectivity index (χ0v) is 17.7. The van der Waals surface area contributed by atoms with E-state index in [4.69, 9.17) is 4.74 Å². The maximum absolute atomic E-state index is 5.91. The minimum Gasteiger partial charge on any atom is -0.377 e. The summed E-state index contributed by atoms with van der Waals surface area (Å²) >= 11 is 0. The van der Waals surface area contributed by atoms with Crippen LogP contribution >= 0.6 is 24.0 Å². The van der Waals surface area contributed by atoms with Crippen LogP contribution in [0, 0.1) is 16.7 Å². The van der Waals surface area contributed by atoms with E-state index in [1.165, 1.54) is 25.7 Å². The van der Waals surface area contributed by atoms with Gasteiger partial charge in [0, 0.05) is 44.1 Å². The first-order chi connectivity index (χ1) is 10.5. The summed E-state index contributed by atoms with van der Waals surface area (Å²) in [5, 5.41) is 3.79. The lowest BCUT2D eigenvalue weighted by molar-refractivity contribution is -0.107. The second-order valence-corrected chi connectivity index (χ2v) is 8.11. The predicted octanol–water partition coefficient (Wildman–Crippen LogP) is 3.51. The zero-order valence-electron chi connectivity index (χ0n) is 15.4. The highest BCUT2D eigenvalue weighted by atomic mass is 127. The first-order valence-electron chi connectivity index (χ1n) is 9.07. The first kappa shape index (κ1) is 19.3. The Labute approximate surface area is 158 Å². The summed E-state index contributed by atoms with van der Waals surface area (Å²) in [6.07, 6.45) is 5.46. The minimum absolute atomic E-state index is 0. The molecule has 2 saturated heterocycles. The van der Waals surface area contributed by atoms with Crippen molar-refractivity contribution in [3.05, 3.63) is 0 Å². The first-order valence-corrected chi connectivity index (χ1v) is 9.07. The Kier molecular flexibility index (Phi) is 5.92. The number of nitrogens with zero attached hydrogens (tertiary/aromatic N) is 2. The third-order valence-electron chi connectivity index (χ3n) is 6.83. The molecule has 0 bridgehead atoms. The zero-order chi connectivity index (χ0) is 16.0. The van der Waals surface area contributed by atoms with Crippen molar-refractivity contribution in [1.82, 2.24) is 10.2 Å². The molecule has 5 heteroatoms. The van der Waals surface area contributed by atoms with Gasteiger partial charge < -0.3 is 15.0 Å². The van der Waals surface area contributed by atoms with E-state index < -0.39 is 0 Å². The Morgan fingerprint density at radius 1 is 1.30 bits per heavy atom. The van der Waals surface area contributed by atoms with Gasteiger partial charge in [0.1, 0.15) is 0 Å². The van der Waals surface area contributed by atoms with Crippen LogP contribution in [0.4, 0.5) is 0 Å². The van der Waals surface area contributed by atoms with Crippen LogP contribution in [0.1, 0.15) is 53.4 Å². The summed E-state index contributed by atoms with van der Waals surface area (Å²) < 4.78 is 5.91. The highest BCUT2D eigenvalue weighted by Gasteiger charge is 2.59. The molecule has 0 aromatic carbocycles. The van der Waals surface area contributed by atoms with Gasteiger partial charge in [0.25, 0.3) is 0 Å². The minimum atomic E-state index is 0. The standard InChI is InChI=1S/C18H33N3O.HI/c1-6-18(7-2)9-10-21(12-18)16(19-5)20-14-13-8-11-22-15(13)17(14,3)4;/h13-15H,6-12H2,1-5H3,(H,19,20);1H. The molecule has 3 aliphatic rings. The third kappa shape index (κ3) is 3.12. The molecule has 0 aromatic rings. The molecule has 2 heterocycles. The average molecular weight is 435 g/mol. The molecule has 4 nitrogen and oxygen atoms in total. The molecule has 1 N–H and O–H groups in total. The Hall–Kier alpha value is -0.0400. The molecule has 23 heavy (non-hydrogen) atoms. The molecule has 1 saturated carbocycles. The quantitative estimate of drug-likeness (QED) is 0.419. The third-order valence-corrected chi connectivity index (χ3v) is 6.83. The van der Waals surface area contributed by atoms with Crippen molar-refractivity contribution >= 4 is 29.9 Å². The molecular formula is C18H34IN3O. The number of guanidine groups is 1. The molecule has 3 fully saturated rings. The number of fused-ring (bicyclic) bond motifs is 1. The molecule has 3 rings (SSSR count). The van der Waals surface area contributed by atoms with Crippen molar-refractivity contribution in [3.8, 4) is 0 Å². The van der Waals surface area contributed by atoms with E-state index >= 15 is 0 Å². The van der Waals surface area contributed by atoms with Crippen molar-refractivity contribution in [2.45, 2.75) is 65.5 Å². The monoisotopic (exact) mass is 435 g/mol. The number of nitrogens with one attached hydrogen (secondary N) is 1. The van der Waals surface area contributed by atoms with E-state index in [1.54, 1.807) is 0 Å². The van der Waals surface area contributed by atoms with Gasteiger partial charge in [-0.05, 0) is 31.1 Å². The molecule has 1 aliphatic carbocycles. The van der Waals surface area contributed by atoms with Gasteiger partial charge in [-0.2, -0.15) is 0 Å². The number of likely N-dealkylation sites (tertiary alicyclic amines) is 1. The van der Waals surface area contributed by atoms with Crippen LogP contribution in [0.5, 0.6) is 0 Å². The van der Waals surface area contributed by atoms with Crippen LogP contribution in [-0.4, -0.2) is 49.7 Å². The van der Waals surface area contributed by atoms with Crippen molar-refractivity contribution in [2.24, 2.45) is 21.7 Å². The second kappa shape index (κ2) is 7.06. The Morgan fingerprint density at radius 3 is 2.57 bits per heavy atom. The molecule has 3 atom stereocenters. The van der Waals surface area contributed by atoms with Gasteiger partial charge in [0.2, 0.25) is 0 Å². The van der Waals surface area contributed by atoms with Crippen LogP contribution in [-0.2, 0) is 4.74 Å². The summed E-state index contributed by atoms with van der Waals surface area (Å²) in [4.78, 5) is 7.07. The number of ether oxygens (including phenoxy) is 1. The van der Waals surface area contributed by atoms with Crippen LogP contribution < -0.4 is 5.32 Å². The van der Waals surface area contributed by atoms with E-state index in [0.29, 0.717) is 23.5 Å². The number of halogens is 1. The predicted molar refractivity (Wildman–Crippen MR) is 107 cm³/mol. The van der Waals surface area contributed by atoms with Crippen LogP contribution in [0.15, 0.2) is 4.99 Å². The maximum Gasteiger partial charge on any atom is 0.193 e. The fourth-order valence-corrected chi connectivity index (χ4v) is 5.00. The van der Waals surface area contributed by atoms with Gasteiger partial charge in [-0.25, -0.2) is 0 Å². The molecule has 3 unspecified atom stereocenters. The molecule has 0 aromatic heterocycles. The SMILES string of the molecule is CCC1(CC)CCN(C(=NC)NC2C3CCOC3C2(C)C)C1.I.